The highest BCUT2D eigenvalue weighted by atomic mass is 16.6. The number of anilines is 1. The first-order chi connectivity index (χ1) is 10.1. The van der Waals surface area contributed by atoms with Gasteiger partial charge in [-0.25, -0.2) is 4.98 Å². The van der Waals surface area contributed by atoms with Crippen LogP contribution < -0.4 is 10.1 Å². The lowest BCUT2D eigenvalue weighted by atomic mass is 10.2. The first-order valence-electron chi connectivity index (χ1n) is 6.73. The van der Waals surface area contributed by atoms with E-state index in [9.17, 15) is 10.1 Å². The summed E-state index contributed by atoms with van der Waals surface area (Å²) in [7, 11) is 0. The smallest absolute Gasteiger partial charge is 0.314 e. The van der Waals surface area contributed by atoms with Gasteiger partial charge in [0.2, 0.25) is 5.75 Å². The van der Waals surface area contributed by atoms with Crippen LogP contribution in [0, 0.1) is 17.0 Å². The summed E-state index contributed by atoms with van der Waals surface area (Å²) in [6.07, 6.45) is 2.59. The summed E-state index contributed by atoms with van der Waals surface area (Å²) in [6.45, 7) is 4.55. The van der Waals surface area contributed by atoms with E-state index in [1.54, 1.807) is 43.5 Å². The number of benzene rings is 1. The van der Waals surface area contributed by atoms with Gasteiger partial charge in [0.1, 0.15) is 11.6 Å². The first-order valence-corrected chi connectivity index (χ1v) is 6.73. The van der Waals surface area contributed by atoms with Crippen LogP contribution in [0.2, 0.25) is 0 Å². The number of nitro groups is 1. The highest BCUT2D eigenvalue weighted by Crippen LogP contribution is 2.34. The normalized spacial score (nSPS) is 10.2. The summed E-state index contributed by atoms with van der Waals surface area (Å²) in [6, 6.07) is 8.40. The Labute approximate surface area is 122 Å². The van der Waals surface area contributed by atoms with E-state index in [2.05, 4.69) is 17.2 Å². The summed E-state index contributed by atoms with van der Waals surface area (Å²) >= 11 is 0. The zero-order chi connectivity index (χ0) is 15.2. The molecule has 0 unspecified atom stereocenters. The Morgan fingerprint density at radius 2 is 2.19 bits per heavy atom. The number of aromatic nitrogens is 1. The second-order valence-electron chi connectivity index (χ2n) is 4.58. The van der Waals surface area contributed by atoms with Crippen LogP contribution >= 0.6 is 0 Å². The van der Waals surface area contributed by atoms with E-state index in [0.717, 1.165) is 13.0 Å². The van der Waals surface area contributed by atoms with E-state index in [0.29, 0.717) is 17.1 Å². The molecule has 6 nitrogen and oxygen atoms in total. The molecule has 0 aliphatic rings. The lowest BCUT2D eigenvalue weighted by Crippen LogP contribution is -2.02. The molecular weight excluding hydrogens is 270 g/mol. The highest BCUT2D eigenvalue weighted by Gasteiger charge is 2.18. The van der Waals surface area contributed by atoms with Crippen molar-refractivity contribution in [3.8, 4) is 11.5 Å². The molecule has 0 atom stereocenters. The number of nitrogens with zero attached hydrogens (tertiary/aromatic N) is 2. The summed E-state index contributed by atoms with van der Waals surface area (Å²) in [4.78, 5) is 14.9. The number of nitrogens with one attached hydrogen (secondary N) is 1. The maximum Gasteiger partial charge on any atom is 0.314 e. The molecule has 0 fully saturated rings. The maximum atomic E-state index is 11.1. The van der Waals surface area contributed by atoms with E-state index in [-0.39, 0.29) is 11.4 Å². The minimum Gasteiger partial charge on any atom is -0.450 e. The van der Waals surface area contributed by atoms with Gasteiger partial charge in [0.05, 0.1) is 4.92 Å². The molecule has 0 radical (unpaired) electrons. The standard InChI is InChI=1S/C15H17N3O3/c1-3-8-16-14-10-12(7-9-17-14)21-13-6-4-5-11(2)15(13)18(19)20/h4-7,9-10H,3,8H2,1-2H3,(H,16,17). The van der Waals surface area contributed by atoms with Crippen LogP contribution in [0.15, 0.2) is 36.5 Å². The van der Waals surface area contributed by atoms with Crippen molar-refractivity contribution in [3.63, 3.8) is 0 Å². The third-order valence-corrected chi connectivity index (χ3v) is 2.90. The molecule has 0 bridgehead atoms. The summed E-state index contributed by atoms with van der Waals surface area (Å²) in [5, 5.41) is 14.3. The molecular formula is C15H17N3O3. The predicted molar refractivity (Wildman–Crippen MR) is 80.9 cm³/mol. The van der Waals surface area contributed by atoms with Crippen molar-refractivity contribution < 1.29 is 9.66 Å². The van der Waals surface area contributed by atoms with Crippen LogP contribution in [-0.2, 0) is 0 Å². The van der Waals surface area contributed by atoms with E-state index in [1.165, 1.54) is 0 Å². The Morgan fingerprint density at radius 3 is 2.90 bits per heavy atom. The highest BCUT2D eigenvalue weighted by molar-refractivity contribution is 5.54. The minimum atomic E-state index is -0.428. The van der Waals surface area contributed by atoms with Crippen LogP contribution in [-0.4, -0.2) is 16.5 Å². The van der Waals surface area contributed by atoms with Crippen molar-refractivity contribution >= 4 is 11.5 Å². The summed E-state index contributed by atoms with van der Waals surface area (Å²) in [5.74, 6) is 1.43. The van der Waals surface area contributed by atoms with Crippen molar-refractivity contribution in [2.24, 2.45) is 0 Å². The fraction of sp³-hybridized carbons (Fsp3) is 0.267. The molecule has 2 rings (SSSR count). The van der Waals surface area contributed by atoms with Crippen molar-refractivity contribution in [1.29, 1.82) is 0 Å². The van der Waals surface area contributed by atoms with Gasteiger partial charge in [-0.2, -0.15) is 0 Å². The summed E-state index contributed by atoms with van der Waals surface area (Å²) in [5.41, 5.74) is 0.549. The number of nitro benzene ring substituents is 1. The van der Waals surface area contributed by atoms with Gasteiger partial charge < -0.3 is 10.1 Å². The number of hydrogen-bond acceptors (Lipinski definition) is 5. The van der Waals surface area contributed by atoms with Gasteiger partial charge in [0.15, 0.2) is 0 Å². The molecule has 21 heavy (non-hydrogen) atoms. The Hall–Kier alpha value is -2.63. The predicted octanol–water partition coefficient (Wildman–Crippen LogP) is 3.91. The second kappa shape index (κ2) is 6.69. The molecule has 0 aliphatic heterocycles. The van der Waals surface area contributed by atoms with E-state index in [4.69, 9.17) is 4.74 Å². The quantitative estimate of drug-likeness (QED) is 0.643. The zero-order valence-corrected chi connectivity index (χ0v) is 12.0. The van der Waals surface area contributed by atoms with Crippen LogP contribution in [0.3, 0.4) is 0 Å². The van der Waals surface area contributed by atoms with Crippen LogP contribution in [0.5, 0.6) is 11.5 Å². The molecule has 0 saturated heterocycles. The molecule has 6 heteroatoms. The Morgan fingerprint density at radius 1 is 1.38 bits per heavy atom. The fourth-order valence-electron chi connectivity index (χ4n) is 1.90. The van der Waals surface area contributed by atoms with Crippen molar-refractivity contribution in [2.75, 3.05) is 11.9 Å². The van der Waals surface area contributed by atoms with Gasteiger partial charge in [-0.3, -0.25) is 10.1 Å². The number of aryl methyl sites for hydroxylation is 1. The third-order valence-electron chi connectivity index (χ3n) is 2.90. The fourth-order valence-corrected chi connectivity index (χ4v) is 1.90. The molecule has 110 valence electrons. The molecule has 1 aromatic heterocycles. The molecule has 2 aromatic rings. The number of pyridine rings is 1. The number of ether oxygens (including phenoxy) is 1. The summed E-state index contributed by atoms with van der Waals surface area (Å²) < 4.78 is 5.65. The minimum absolute atomic E-state index is 0.0163. The average molecular weight is 287 g/mol. The molecule has 1 aromatic carbocycles. The Kier molecular flexibility index (Phi) is 4.71. The number of hydrogen-bond donors (Lipinski definition) is 1. The SMILES string of the molecule is CCCNc1cc(Oc2cccc(C)c2[N+](=O)[O-])ccn1. The van der Waals surface area contributed by atoms with E-state index in [1.807, 2.05) is 0 Å². The van der Waals surface area contributed by atoms with Crippen LogP contribution in [0.25, 0.3) is 0 Å². The van der Waals surface area contributed by atoms with Gasteiger partial charge in [-0.15, -0.1) is 0 Å². The molecule has 0 spiro atoms. The van der Waals surface area contributed by atoms with Crippen LogP contribution in [0.4, 0.5) is 11.5 Å². The molecule has 0 saturated carbocycles. The van der Waals surface area contributed by atoms with Crippen molar-refractivity contribution in [1.82, 2.24) is 4.98 Å². The van der Waals surface area contributed by atoms with Gasteiger partial charge >= 0.3 is 5.69 Å². The number of rotatable bonds is 6. The maximum absolute atomic E-state index is 11.1. The van der Waals surface area contributed by atoms with E-state index >= 15 is 0 Å². The van der Waals surface area contributed by atoms with Crippen molar-refractivity contribution in [3.05, 3.63) is 52.2 Å². The lowest BCUT2D eigenvalue weighted by Gasteiger charge is -2.09. The third kappa shape index (κ3) is 3.68. The van der Waals surface area contributed by atoms with Gasteiger partial charge in [0, 0.05) is 24.4 Å². The van der Waals surface area contributed by atoms with Crippen molar-refractivity contribution in [2.45, 2.75) is 20.3 Å². The van der Waals surface area contributed by atoms with E-state index < -0.39 is 4.92 Å². The topological polar surface area (TPSA) is 77.3 Å². The van der Waals surface area contributed by atoms with Gasteiger partial charge in [-0.05, 0) is 25.5 Å². The monoisotopic (exact) mass is 287 g/mol. The van der Waals surface area contributed by atoms with Crippen LogP contribution in [0.1, 0.15) is 18.9 Å². The largest absolute Gasteiger partial charge is 0.450 e. The average Bonchev–Trinajstić information content (AvgIpc) is 2.45. The second-order valence-corrected chi connectivity index (χ2v) is 4.58. The Bertz CT molecular complexity index is 644. The molecule has 0 aliphatic carbocycles. The molecule has 1 heterocycles. The number of para-hydroxylation sites is 1. The first kappa shape index (κ1) is 14.8. The lowest BCUT2D eigenvalue weighted by molar-refractivity contribution is -0.386. The molecule has 0 amide bonds. The molecule has 1 N–H and O–H groups in total. The Balaban J connectivity index is 2.26. The zero-order valence-electron chi connectivity index (χ0n) is 12.0. The van der Waals surface area contributed by atoms with Gasteiger partial charge in [-0.1, -0.05) is 19.1 Å². The van der Waals surface area contributed by atoms with Gasteiger partial charge in [0.25, 0.3) is 0 Å².